The minimum atomic E-state index is -0.0595. The lowest BCUT2D eigenvalue weighted by atomic mass is 10.1. The molecule has 0 saturated carbocycles. The Morgan fingerprint density at radius 1 is 1.32 bits per heavy atom. The summed E-state index contributed by atoms with van der Waals surface area (Å²) in [6.45, 7) is 4.55. The summed E-state index contributed by atoms with van der Waals surface area (Å²) in [4.78, 5) is 22.7. The SMILES string of the molecule is CCN(Cc1noc(C)n1)C(=O)c1ccc2ncccc2c1. The summed E-state index contributed by atoms with van der Waals surface area (Å²) in [6, 6.07) is 9.31. The number of hydrogen-bond donors (Lipinski definition) is 0. The lowest BCUT2D eigenvalue weighted by molar-refractivity contribution is 0.0747. The molecule has 3 aromatic rings. The molecule has 6 heteroatoms. The average molecular weight is 296 g/mol. The topological polar surface area (TPSA) is 72.1 Å². The molecule has 0 unspecified atom stereocenters. The summed E-state index contributed by atoms with van der Waals surface area (Å²) in [5.41, 5.74) is 1.50. The van der Waals surface area contributed by atoms with Crippen LogP contribution in [-0.2, 0) is 6.54 Å². The van der Waals surface area contributed by atoms with Crippen molar-refractivity contribution in [3.05, 3.63) is 53.8 Å². The smallest absolute Gasteiger partial charge is 0.254 e. The average Bonchev–Trinajstić information content (AvgIpc) is 2.96. The molecule has 0 fully saturated rings. The van der Waals surface area contributed by atoms with Crippen LogP contribution in [0.4, 0.5) is 0 Å². The fraction of sp³-hybridized carbons (Fsp3) is 0.250. The Kier molecular flexibility index (Phi) is 3.82. The van der Waals surface area contributed by atoms with Gasteiger partial charge in [0.15, 0.2) is 5.82 Å². The van der Waals surface area contributed by atoms with Gasteiger partial charge in [-0.15, -0.1) is 0 Å². The van der Waals surface area contributed by atoms with Crippen molar-refractivity contribution < 1.29 is 9.32 Å². The van der Waals surface area contributed by atoms with Crippen LogP contribution in [0.2, 0.25) is 0 Å². The van der Waals surface area contributed by atoms with Crippen LogP contribution in [0.15, 0.2) is 41.1 Å². The lowest BCUT2D eigenvalue weighted by Crippen LogP contribution is -2.30. The van der Waals surface area contributed by atoms with Crippen molar-refractivity contribution in [2.24, 2.45) is 0 Å². The van der Waals surface area contributed by atoms with Gasteiger partial charge >= 0.3 is 0 Å². The van der Waals surface area contributed by atoms with Gasteiger partial charge in [0.2, 0.25) is 5.89 Å². The number of hydrogen-bond acceptors (Lipinski definition) is 5. The molecular weight excluding hydrogens is 280 g/mol. The van der Waals surface area contributed by atoms with E-state index in [1.807, 2.05) is 31.2 Å². The molecule has 0 saturated heterocycles. The summed E-state index contributed by atoms with van der Waals surface area (Å²) in [7, 11) is 0. The second-order valence-electron chi connectivity index (χ2n) is 4.96. The zero-order valence-corrected chi connectivity index (χ0v) is 12.5. The number of benzene rings is 1. The molecule has 22 heavy (non-hydrogen) atoms. The van der Waals surface area contributed by atoms with Crippen molar-refractivity contribution in [3.63, 3.8) is 0 Å². The van der Waals surface area contributed by atoms with Gasteiger partial charge in [-0.05, 0) is 31.2 Å². The van der Waals surface area contributed by atoms with Crippen molar-refractivity contribution >= 4 is 16.8 Å². The largest absolute Gasteiger partial charge is 0.340 e. The molecule has 0 spiro atoms. The Morgan fingerprint density at radius 3 is 2.91 bits per heavy atom. The van der Waals surface area contributed by atoms with Gasteiger partial charge in [0.05, 0.1) is 12.1 Å². The van der Waals surface area contributed by atoms with Crippen molar-refractivity contribution in [3.8, 4) is 0 Å². The summed E-state index contributed by atoms with van der Waals surface area (Å²) in [5, 5.41) is 4.78. The van der Waals surface area contributed by atoms with Crippen LogP contribution in [0.3, 0.4) is 0 Å². The molecule has 0 N–H and O–H groups in total. The Bertz CT molecular complexity index is 813. The summed E-state index contributed by atoms with van der Waals surface area (Å²) < 4.78 is 4.95. The van der Waals surface area contributed by atoms with Gasteiger partial charge < -0.3 is 9.42 Å². The lowest BCUT2D eigenvalue weighted by Gasteiger charge is -2.19. The monoisotopic (exact) mass is 296 g/mol. The molecule has 6 nitrogen and oxygen atoms in total. The quantitative estimate of drug-likeness (QED) is 0.740. The van der Waals surface area contributed by atoms with Crippen LogP contribution in [-0.4, -0.2) is 32.5 Å². The molecule has 1 aromatic carbocycles. The highest BCUT2D eigenvalue weighted by molar-refractivity contribution is 5.97. The molecule has 0 aliphatic heterocycles. The molecule has 0 atom stereocenters. The third-order valence-corrected chi connectivity index (χ3v) is 3.42. The van der Waals surface area contributed by atoms with E-state index in [0.29, 0.717) is 30.4 Å². The minimum Gasteiger partial charge on any atom is -0.340 e. The molecule has 0 aliphatic carbocycles. The van der Waals surface area contributed by atoms with Crippen LogP contribution in [0.5, 0.6) is 0 Å². The summed E-state index contributed by atoms with van der Waals surface area (Å²) in [6.07, 6.45) is 1.74. The first kappa shape index (κ1) is 14.2. The summed E-state index contributed by atoms with van der Waals surface area (Å²) in [5.74, 6) is 0.946. The van der Waals surface area contributed by atoms with E-state index >= 15 is 0 Å². The van der Waals surface area contributed by atoms with Gasteiger partial charge in [-0.3, -0.25) is 9.78 Å². The van der Waals surface area contributed by atoms with Gasteiger partial charge in [-0.2, -0.15) is 4.98 Å². The Labute approximate surface area is 127 Å². The zero-order valence-electron chi connectivity index (χ0n) is 12.5. The predicted molar refractivity (Wildman–Crippen MR) is 81.2 cm³/mol. The number of aryl methyl sites for hydroxylation is 1. The number of carbonyl (C=O) groups excluding carboxylic acids is 1. The normalized spacial score (nSPS) is 10.8. The summed E-state index contributed by atoms with van der Waals surface area (Å²) >= 11 is 0. The number of amides is 1. The van der Waals surface area contributed by atoms with E-state index in [4.69, 9.17) is 4.52 Å². The Balaban J connectivity index is 1.85. The fourth-order valence-electron chi connectivity index (χ4n) is 2.29. The van der Waals surface area contributed by atoms with E-state index in [2.05, 4.69) is 15.1 Å². The highest BCUT2D eigenvalue weighted by Crippen LogP contribution is 2.15. The van der Waals surface area contributed by atoms with Gasteiger partial charge in [-0.25, -0.2) is 0 Å². The van der Waals surface area contributed by atoms with Crippen molar-refractivity contribution in [1.29, 1.82) is 0 Å². The first-order valence-electron chi connectivity index (χ1n) is 7.10. The minimum absolute atomic E-state index is 0.0595. The second kappa shape index (κ2) is 5.93. The number of rotatable bonds is 4. The molecule has 0 radical (unpaired) electrons. The van der Waals surface area contributed by atoms with Crippen LogP contribution in [0.1, 0.15) is 29.0 Å². The number of carbonyl (C=O) groups is 1. The van der Waals surface area contributed by atoms with Crippen molar-refractivity contribution in [2.45, 2.75) is 20.4 Å². The molecule has 1 amide bonds. The first-order chi connectivity index (χ1) is 10.7. The second-order valence-corrected chi connectivity index (χ2v) is 4.96. The van der Waals surface area contributed by atoms with E-state index < -0.39 is 0 Å². The van der Waals surface area contributed by atoms with E-state index in [9.17, 15) is 4.79 Å². The number of fused-ring (bicyclic) bond motifs is 1. The van der Waals surface area contributed by atoms with E-state index in [-0.39, 0.29) is 5.91 Å². The maximum Gasteiger partial charge on any atom is 0.254 e. The molecule has 0 aliphatic rings. The molecule has 0 bridgehead atoms. The molecule has 2 heterocycles. The van der Waals surface area contributed by atoms with Gasteiger partial charge in [-0.1, -0.05) is 11.2 Å². The zero-order chi connectivity index (χ0) is 15.5. The van der Waals surface area contributed by atoms with Gasteiger partial charge in [0.1, 0.15) is 0 Å². The third-order valence-electron chi connectivity index (χ3n) is 3.42. The predicted octanol–water partition coefficient (Wildman–Crippen LogP) is 2.59. The highest BCUT2D eigenvalue weighted by Gasteiger charge is 2.17. The standard InChI is InChI=1S/C16H16N4O2/c1-3-20(10-15-18-11(2)22-19-15)16(21)13-6-7-14-12(9-13)5-4-8-17-14/h4-9H,3,10H2,1-2H3. The first-order valence-corrected chi connectivity index (χ1v) is 7.10. The number of nitrogens with zero attached hydrogens (tertiary/aromatic N) is 4. The van der Waals surface area contributed by atoms with Crippen LogP contribution < -0.4 is 0 Å². The van der Waals surface area contributed by atoms with Crippen molar-refractivity contribution in [1.82, 2.24) is 20.0 Å². The van der Waals surface area contributed by atoms with Gasteiger partial charge in [0.25, 0.3) is 5.91 Å². The van der Waals surface area contributed by atoms with Crippen molar-refractivity contribution in [2.75, 3.05) is 6.54 Å². The molecule has 112 valence electrons. The van der Waals surface area contributed by atoms with Gasteiger partial charge in [0, 0.05) is 30.6 Å². The number of pyridine rings is 1. The molecule has 2 aromatic heterocycles. The van der Waals surface area contributed by atoms with Crippen LogP contribution in [0.25, 0.3) is 10.9 Å². The molecule has 3 rings (SSSR count). The highest BCUT2D eigenvalue weighted by atomic mass is 16.5. The van der Waals surface area contributed by atoms with E-state index in [1.165, 1.54) is 0 Å². The third kappa shape index (κ3) is 2.81. The van der Waals surface area contributed by atoms with Crippen LogP contribution >= 0.6 is 0 Å². The Morgan fingerprint density at radius 2 is 2.18 bits per heavy atom. The van der Waals surface area contributed by atoms with E-state index in [0.717, 1.165) is 10.9 Å². The molecular formula is C16H16N4O2. The Hall–Kier alpha value is -2.76. The van der Waals surface area contributed by atoms with Crippen LogP contribution in [0, 0.1) is 6.92 Å². The number of aromatic nitrogens is 3. The maximum absolute atomic E-state index is 12.7. The fourth-order valence-corrected chi connectivity index (χ4v) is 2.29. The van der Waals surface area contributed by atoms with E-state index in [1.54, 1.807) is 24.1 Å². The maximum atomic E-state index is 12.7.